The van der Waals surface area contributed by atoms with Crippen LogP contribution in [0.25, 0.3) is 0 Å². The van der Waals surface area contributed by atoms with Crippen LogP contribution in [0.1, 0.15) is 19.4 Å². The van der Waals surface area contributed by atoms with Crippen molar-refractivity contribution in [3.63, 3.8) is 0 Å². The normalized spacial score (nSPS) is 20.6. The third kappa shape index (κ3) is 2.01. The van der Waals surface area contributed by atoms with Gasteiger partial charge in [-0.3, -0.25) is 0 Å². The fourth-order valence-corrected chi connectivity index (χ4v) is 3.16. The molecule has 2 nitrogen and oxygen atoms in total. The zero-order valence-corrected chi connectivity index (χ0v) is 12.1. The number of hydrogen-bond acceptors (Lipinski definition) is 2. The number of aliphatic hydroxyl groups is 1. The maximum atomic E-state index is 9.79. The molecule has 104 valence electrons. The zero-order chi connectivity index (χ0) is 14.2. The molecule has 1 heterocycles. The second kappa shape index (κ2) is 4.95. The summed E-state index contributed by atoms with van der Waals surface area (Å²) in [5.41, 5.74) is 3.76. The zero-order valence-electron chi connectivity index (χ0n) is 12.1. The highest BCUT2D eigenvalue weighted by molar-refractivity contribution is 5.69. The highest BCUT2D eigenvalue weighted by atomic mass is 16.3. The summed E-state index contributed by atoms with van der Waals surface area (Å²) in [4.78, 5) is 2.32. The number of para-hydroxylation sites is 2. The van der Waals surface area contributed by atoms with Crippen LogP contribution in [0.3, 0.4) is 0 Å². The first kappa shape index (κ1) is 13.2. The molecule has 0 radical (unpaired) electrons. The average Bonchev–Trinajstić information content (AvgIpc) is 2.48. The first-order valence-corrected chi connectivity index (χ1v) is 7.17. The van der Waals surface area contributed by atoms with Gasteiger partial charge in [0.05, 0.1) is 0 Å². The standard InChI is InChI=1S/C18H21NO/c1-18(2)14(13-20)12-19(15-8-4-3-5-9-15)17-11-7-6-10-16(17)18/h3-11,14,20H,12-13H2,1-2H3. The maximum Gasteiger partial charge on any atom is 0.0484 e. The third-order valence-corrected chi connectivity index (χ3v) is 4.60. The molecule has 0 saturated carbocycles. The third-order valence-electron chi connectivity index (χ3n) is 4.60. The van der Waals surface area contributed by atoms with E-state index in [9.17, 15) is 5.11 Å². The molecule has 1 unspecified atom stereocenters. The summed E-state index contributed by atoms with van der Waals surface area (Å²) in [5, 5.41) is 9.79. The molecular formula is C18H21NO. The molecule has 0 spiro atoms. The van der Waals surface area contributed by atoms with Gasteiger partial charge in [-0.05, 0) is 29.2 Å². The summed E-state index contributed by atoms with van der Waals surface area (Å²) in [7, 11) is 0. The van der Waals surface area contributed by atoms with Gasteiger partial charge in [0.25, 0.3) is 0 Å². The molecule has 1 aliphatic heterocycles. The Balaban J connectivity index is 2.14. The molecule has 1 atom stereocenters. The number of aliphatic hydroxyl groups excluding tert-OH is 1. The van der Waals surface area contributed by atoms with Crippen LogP contribution in [0.2, 0.25) is 0 Å². The van der Waals surface area contributed by atoms with Gasteiger partial charge in [-0.25, -0.2) is 0 Å². The minimum Gasteiger partial charge on any atom is -0.396 e. The SMILES string of the molecule is CC1(C)c2ccccc2N(c2ccccc2)CC1CO. The number of benzene rings is 2. The van der Waals surface area contributed by atoms with Crippen molar-refractivity contribution in [3.8, 4) is 0 Å². The molecule has 20 heavy (non-hydrogen) atoms. The van der Waals surface area contributed by atoms with Crippen LogP contribution in [-0.4, -0.2) is 18.3 Å². The molecule has 0 fully saturated rings. The lowest BCUT2D eigenvalue weighted by atomic mass is 9.70. The molecule has 1 aliphatic rings. The number of anilines is 2. The van der Waals surface area contributed by atoms with Crippen molar-refractivity contribution in [3.05, 3.63) is 60.2 Å². The maximum absolute atomic E-state index is 9.79. The summed E-state index contributed by atoms with van der Waals surface area (Å²) >= 11 is 0. The van der Waals surface area contributed by atoms with Gasteiger partial charge in [0, 0.05) is 30.4 Å². The molecule has 0 bridgehead atoms. The van der Waals surface area contributed by atoms with E-state index in [1.807, 2.05) is 6.07 Å². The monoisotopic (exact) mass is 267 g/mol. The van der Waals surface area contributed by atoms with Gasteiger partial charge < -0.3 is 10.0 Å². The van der Waals surface area contributed by atoms with E-state index < -0.39 is 0 Å². The lowest BCUT2D eigenvalue weighted by Crippen LogP contribution is -2.44. The van der Waals surface area contributed by atoms with Gasteiger partial charge in [0.1, 0.15) is 0 Å². The van der Waals surface area contributed by atoms with Crippen LogP contribution < -0.4 is 4.90 Å². The molecule has 0 amide bonds. The van der Waals surface area contributed by atoms with E-state index >= 15 is 0 Å². The summed E-state index contributed by atoms with van der Waals surface area (Å²) in [6.07, 6.45) is 0. The predicted molar refractivity (Wildman–Crippen MR) is 83.5 cm³/mol. The fourth-order valence-electron chi connectivity index (χ4n) is 3.16. The highest BCUT2D eigenvalue weighted by Crippen LogP contribution is 2.45. The molecule has 3 rings (SSSR count). The number of nitrogens with zero attached hydrogens (tertiary/aromatic N) is 1. The van der Waals surface area contributed by atoms with Crippen molar-refractivity contribution in [1.82, 2.24) is 0 Å². The van der Waals surface area contributed by atoms with Crippen LogP contribution in [-0.2, 0) is 5.41 Å². The topological polar surface area (TPSA) is 23.5 Å². The van der Waals surface area contributed by atoms with Gasteiger partial charge in [-0.1, -0.05) is 50.2 Å². The Hall–Kier alpha value is -1.80. The van der Waals surface area contributed by atoms with Gasteiger partial charge in [-0.2, -0.15) is 0 Å². The number of hydrogen-bond donors (Lipinski definition) is 1. The van der Waals surface area contributed by atoms with Gasteiger partial charge in [0.2, 0.25) is 0 Å². The van der Waals surface area contributed by atoms with Crippen molar-refractivity contribution in [2.24, 2.45) is 5.92 Å². The van der Waals surface area contributed by atoms with Crippen molar-refractivity contribution in [2.45, 2.75) is 19.3 Å². The first-order chi connectivity index (χ1) is 9.64. The minimum absolute atomic E-state index is 0.00335. The summed E-state index contributed by atoms with van der Waals surface area (Å²) in [6.45, 7) is 5.53. The largest absolute Gasteiger partial charge is 0.396 e. The van der Waals surface area contributed by atoms with Crippen LogP contribution in [0.4, 0.5) is 11.4 Å². The first-order valence-electron chi connectivity index (χ1n) is 7.17. The van der Waals surface area contributed by atoms with Crippen molar-refractivity contribution < 1.29 is 5.11 Å². The van der Waals surface area contributed by atoms with Gasteiger partial charge >= 0.3 is 0 Å². The van der Waals surface area contributed by atoms with Crippen molar-refractivity contribution in [2.75, 3.05) is 18.1 Å². The molecule has 0 saturated heterocycles. The summed E-state index contributed by atoms with van der Waals surface area (Å²) in [5.74, 6) is 0.234. The van der Waals surface area contributed by atoms with Crippen LogP contribution in [0.5, 0.6) is 0 Å². The van der Waals surface area contributed by atoms with E-state index in [4.69, 9.17) is 0 Å². The fraction of sp³-hybridized carbons (Fsp3) is 0.333. The van der Waals surface area contributed by atoms with E-state index in [1.54, 1.807) is 0 Å². The molecule has 2 aromatic carbocycles. The predicted octanol–water partition coefficient (Wildman–Crippen LogP) is 3.72. The van der Waals surface area contributed by atoms with E-state index in [-0.39, 0.29) is 17.9 Å². The Morgan fingerprint density at radius 3 is 2.40 bits per heavy atom. The van der Waals surface area contributed by atoms with E-state index in [0.717, 1.165) is 6.54 Å². The van der Waals surface area contributed by atoms with Crippen LogP contribution >= 0.6 is 0 Å². The second-order valence-corrected chi connectivity index (χ2v) is 6.06. The van der Waals surface area contributed by atoms with Crippen molar-refractivity contribution in [1.29, 1.82) is 0 Å². The van der Waals surface area contributed by atoms with Gasteiger partial charge in [-0.15, -0.1) is 0 Å². The smallest absolute Gasteiger partial charge is 0.0484 e. The average molecular weight is 267 g/mol. The lowest BCUT2D eigenvalue weighted by Gasteiger charge is -2.45. The molecular weight excluding hydrogens is 246 g/mol. The molecule has 1 N–H and O–H groups in total. The quantitative estimate of drug-likeness (QED) is 0.896. The Kier molecular flexibility index (Phi) is 3.27. The Morgan fingerprint density at radius 1 is 1.05 bits per heavy atom. The van der Waals surface area contributed by atoms with E-state index in [0.29, 0.717) is 0 Å². The van der Waals surface area contributed by atoms with Crippen molar-refractivity contribution >= 4 is 11.4 Å². The number of rotatable bonds is 2. The molecule has 0 aromatic heterocycles. The van der Waals surface area contributed by atoms with Crippen LogP contribution in [0.15, 0.2) is 54.6 Å². The molecule has 0 aliphatic carbocycles. The molecule has 2 aromatic rings. The highest BCUT2D eigenvalue weighted by Gasteiger charge is 2.39. The Morgan fingerprint density at radius 2 is 1.70 bits per heavy atom. The number of fused-ring (bicyclic) bond motifs is 1. The Labute approximate surface area is 120 Å². The van der Waals surface area contributed by atoms with E-state index in [1.165, 1.54) is 16.9 Å². The minimum atomic E-state index is -0.00335. The lowest BCUT2D eigenvalue weighted by molar-refractivity contribution is 0.167. The molecule has 2 heteroatoms. The second-order valence-electron chi connectivity index (χ2n) is 6.06. The van der Waals surface area contributed by atoms with Crippen LogP contribution in [0, 0.1) is 5.92 Å². The summed E-state index contributed by atoms with van der Waals surface area (Å²) in [6, 6.07) is 19.0. The summed E-state index contributed by atoms with van der Waals surface area (Å²) < 4.78 is 0. The Bertz CT molecular complexity index is 591. The van der Waals surface area contributed by atoms with E-state index in [2.05, 4.69) is 67.3 Å². The van der Waals surface area contributed by atoms with Gasteiger partial charge in [0.15, 0.2) is 0 Å².